The maximum atomic E-state index is 5.93. The molecule has 0 amide bonds. The summed E-state index contributed by atoms with van der Waals surface area (Å²) in [4.78, 5) is 8.29. The molecule has 3 heteroatoms. The van der Waals surface area contributed by atoms with Gasteiger partial charge in [-0.3, -0.25) is 0 Å². The summed E-state index contributed by atoms with van der Waals surface area (Å²) >= 11 is 0. The second-order valence-electron chi connectivity index (χ2n) is 4.64. The fourth-order valence-electron chi connectivity index (χ4n) is 2.27. The van der Waals surface area contributed by atoms with E-state index in [2.05, 4.69) is 42.9 Å². The van der Waals surface area contributed by atoms with Crippen molar-refractivity contribution in [2.75, 3.05) is 6.54 Å². The summed E-state index contributed by atoms with van der Waals surface area (Å²) in [6, 6.07) is 6.25. The smallest absolute Gasteiger partial charge is 0.115 e. The van der Waals surface area contributed by atoms with Gasteiger partial charge in [0, 0.05) is 18.7 Å². The van der Waals surface area contributed by atoms with Crippen LogP contribution in [-0.2, 0) is 0 Å². The number of aromatic nitrogens is 2. The van der Waals surface area contributed by atoms with Crippen LogP contribution in [-0.4, -0.2) is 16.5 Å². The van der Waals surface area contributed by atoms with Gasteiger partial charge < -0.3 is 5.73 Å². The van der Waals surface area contributed by atoms with Crippen LogP contribution in [0.2, 0.25) is 0 Å². The number of nitrogens with zero attached hydrogens (tertiary/aromatic N) is 2. The van der Waals surface area contributed by atoms with Crippen molar-refractivity contribution in [3.05, 3.63) is 58.7 Å². The Hall–Kier alpha value is -1.74. The topological polar surface area (TPSA) is 51.8 Å². The largest absolute Gasteiger partial charge is 0.329 e. The minimum atomic E-state index is 0.146. The van der Waals surface area contributed by atoms with Crippen molar-refractivity contribution in [3.63, 3.8) is 0 Å². The van der Waals surface area contributed by atoms with Crippen LogP contribution >= 0.6 is 0 Å². The highest BCUT2D eigenvalue weighted by atomic mass is 14.8. The summed E-state index contributed by atoms with van der Waals surface area (Å²) in [6.07, 6.45) is 3.34. The van der Waals surface area contributed by atoms with Gasteiger partial charge in [0.1, 0.15) is 6.33 Å². The standard InChI is InChI=1S/C15H19N3/c1-10-4-5-13(12(3)11(10)2)14(8-16)15-6-7-17-9-18-15/h4-7,9,14H,8,16H2,1-3H3. The summed E-state index contributed by atoms with van der Waals surface area (Å²) in [6.45, 7) is 7.00. The molecule has 0 spiro atoms. The van der Waals surface area contributed by atoms with E-state index in [9.17, 15) is 0 Å². The zero-order valence-corrected chi connectivity index (χ0v) is 11.1. The van der Waals surface area contributed by atoms with Crippen LogP contribution < -0.4 is 5.73 Å². The highest BCUT2D eigenvalue weighted by Gasteiger charge is 2.17. The van der Waals surface area contributed by atoms with E-state index in [4.69, 9.17) is 5.73 Å². The van der Waals surface area contributed by atoms with Crippen LogP contribution in [0.25, 0.3) is 0 Å². The molecule has 1 unspecified atom stereocenters. The average Bonchev–Trinajstić information content (AvgIpc) is 2.41. The van der Waals surface area contributed by atoms with Crippen molar-refractivity contribution < 1.29 is 0 Å². The average molecular weight is 241 g/mol. The molecule has 0 saturated carbocycles. The SMILES string of the molecule is Cc1ccc(C(CN)c2ccncn2)c(C)c1C. The lowest BCUT2D eigenvalue weighted by molar-refractivity contribution is 0.773. The van der Waals surface area contributed by atoms with Gasteiger partial charge in [-0.05, 0) is 49.1 Å². The maximum Gasteiger partial charge on any atom is 0.115 e. The monoisotopic (exact) mass is 241 g/mol. The molecule has 1 heterocycles. The van der Waals surface area contributed by atoms with Crippen LogP contribution in [0, 0.1) is 20.8 Å². The number of hydrogen-bond acceptors (Lipinski definition) is 3. The fourth-order valence-corrected chi connectivity index (χ4v) is 2.27. The van der Waals surface area contributed by atoms with E-state index in [1.807, 2.05) is 6.07 Å². The van der Waals surface area contributed by atoms with Gasteiger partial charge in [-0.15, -0.1) is 0 Å². The molecule has 2 N–H and O–H groups in total. The zero-order valence-electron chi connectivity index (χ0n) is 11.1. The van der Waals surface area contributed by atoms with Crippen LogP contribution in [0.1, 0.15) is 33.9 Å². The van der Waals surface area contributed by atoms with E-state index in [1.54, 1.807) is 12.5 Å². The van der Waals surface area contributed by atoms with Gasteiger partial charge >= 0.3 is 0 Å². The van der Waals surface area contributed by atoms with Gasteiger partial charge in [-0.25, -0.2) is 9.97 Å². The lowest BCUT2D eigenvalue weighted by atomic mass is 9.88. The van der Waals surface area contributed by atoms with Crippen molar-refractivity contribution in [1.82, 2.24) is 9.97 Å². The Morgan fingerprint density at radius 2 is 1.89 bits per heavy atom. The van der Waals surface area contributed by atoms with Crippen LogP contribution in [0.5, 0.6) is 0 Å². The molecule has 2 aromatic rings. The van der Waals surface area contributed by atoms with Gasteiger partial charge in [-0.1, -0.05) is 12.1 Å². The molecule has 0 saturated heterocycles. The second-order valence-corrected chi connectivity index (χ2v) is 4.64. The zero-order chi connectivity index (χ0) is 13.1. The van der Waals surface area contributed by atoms with Gasteiger partial charge in [0.15, 0.2) is 0 Å². The number of nitrogens with two attached hydrogens (primary N) is 1. The molecule has 0 fully saturated rings. The molecule has 0 bridgehead atoms. The Bertz CT molecular complexity index is 535. The van der Waals surface area contributed by atoms with Gasteiger partial charge in [0.05, 0.1) is 5.69 Å². The van der Waals surface area contributed by atoms with E-state index >= 15 is 0 Å². The molecule has 1 aromatic heterocycles. The van der Waals surface area contributed by atoms with Crippen LogP contribution in [0.3, 0.4) is 0 Å². The molecule has 0 radical (unpaired) electrons. The number of aryl methyl sites for hydroxylation is 1. The molecule has 0 aliphatic carbocycles. The third-order valence-electron chi connectivity index (χ3n) is 3.67. The predicted octanol–water partition coefficient (Wildman–Crippen LogP) is 2.49. The molecule has 0 aliphatic heterocycles. The van der Waals surface area contributed by atoms with E-state index in [0.29, 0.717) is 6.54 Å². The quantitative estimate of drug-likeness (QED) is 0.898. The number of rotatable bonds is 3. The molecular formula is C15H19N3. The van der Waals surface area contributed by atoms with E-state index in [0.717, 1.165) is 5.69 Å². The van der Waals surface area contributed by atoms with Gasteiger partial charge in [-0.2, -0.15) is 0 Å². The van der Waals surface area contributed by atoms with Crippen molar-refractivity contribution in [2.24, 2.45) is 5.73 Å². The minimum Gasteiger partial charge on any atom is -0.329 e. The Labute approximate surface area is 108 Å². The molecule has 3 nitrogen and oxygen atoms in total. The third kappa shape index (κ3) is 2.27. The Kier molecular flexibility index (Phi) is 3.72. The van der Waals surface area contributed by atoms with Crippen molar-refractivity contribution in [1.29, 1.82) is 0 Å². The maximum absolute atomic E-state index is 5.93. The molecule has 18 heavy (non-hydrogen) atoms. The Morgan fingerprint density at radius 3 is 2.50 bits per heavy atom. The lowest BCUT2D eigenvalue weighted by Gasteiger charge is -2.19. The summed E-state index contributed by atoms with van der Waals surface area (Å²) in [7, 11) is 0. The van der Waals surface area contributed by atoms with Crippen molar-refractivity contribution in [3.8, 4) is 0 Å². The molecule has 94 valence electrons. The molecule has 2 rings (SSSR count). The first-order chi connectivity index (χ1) is 8.65. The molecule has 1 atom stereocenters. The van der Waals surface area contributed by atoms with Crippen molar-refractivity contribution in [2.45, 2.75) is 26.7 Å². The summed E-state index contributed by atoms with van der Waals surface area (Å²) in [5.41, 5.74) is 12.1. The Balaban J connectivity index is 2.50. The molecule has 0 aliphatic rings. The number of hydrogen-bond donors (Lipinski definition) is 1. The van der Waals surface area contributed by atoms with Gasteiger partial charge in [0.2, 0.25) is 0 Å². The fraction of sp³-hybridized carbons (Fsp3) is 0.333. The summed E-state index contributed by atoms with van der Waals surface area (Å²) in [5.74, 6) is 0.146. The molecular weight excluding hydrogens is 222 g/mol. The van der Waals surface area contributed by atoms with E-state index < -0.39 is 0 Å². The second kappa shape index (κ2) is 5.27. The highest BCUT2D eigenvalue weighted by Crippen LogP contribution is 2.27. The lowest BCUT2D eigenvalue weighted by Crippen LogP contribution is -2.16. The molecule has 1 aromatic carbocycles. The minimum absolute atomic E-state index is 0.146. The van der Waals surface area contributed by atoms with Crippen LogP contribution in [0.15, 0.2) is 30.7 Å². The van der Waals surface area contributed by atoms with E-state index in [-0.39, 0.29) is 5.92 Å². The summed E-state index contributed by atoms with van der Waals surface area (Å²) < 4.78 is 0. The van der Waals surface area contributed by atoms with Crippen LogP contribution in [0.4, 0.5) is 0 Å². The summed E-state index contributed by atoms with van der Waals surface area (Å²) in [5, 5.41) is 0. The third-order valence-corrected chi connectivity index (χ3v) is 3.67. The Morgan fingerprint density at radius 1 is 1.11 bits per heavy atom. The first kappa shape index (κ1) is 12.7. The number of benzene rings is 1. The van der Waals surface area contributed by atoms with E-state index in [1.165, 1.54) is 22.3 Å². The predicted molar refractivity (Wildman–Crippen MR) is 73.6 cm³/mol. The first-order valence-corrected chi connectivity index (χ1v) is 6.17. The van der Waals surface area contributed by atoms with Gasteiger partial charge in [0.25, 0.3) is 0 Å². The normalized spacial score (nSPS) is 12.4. The van der Waals surface area contributed by atoms with Crippen molar-refractivity contribution >= 4 is 0 Å². The first-order valence-electron chi connectivity index (χ1n) is 6.17. The highest BCUT2D eigenvalue weighted by molar-refractivity contribution is 5.43.